The summed E-state index contributed by atoms with van der Waals surface area (Å²) in [5, 5.41) is 0. The Morgan fingerprint density at radius 1 is 0.889 bits per heavy atom. The second-order valence-corrected chi connectivity index (χ2v) is 11.3. The molecule has 4 heterocycles. The molecule has 2 bridgehead atoms. The smallest absolute Gasteiger partial charge is 0.331 e. The third kappa shape index (κ3) is 3.35. The number of fused-ring (bicyclic) bond motifs is 2. The summed E-state index contributed by atoms with van der Waals surface area (Å²) < 4.78 is 36.0. The minimum absolute atomic E-state index is 0.103. The van der Waals surface area contributed by atoms with E-state index < -0.39 is 40.4 Å². The van der Waals surface area contributed by atoms with Gasteiger partial charge in [0.15, 0.2) is 0 Å². The van der Waals surface area contributed by atoms with Gasteiger partial charge >= 0.3 is 17.9 Å². The highest BCUT2D eigenvalue weighted by molar-refractivity contribution is 5.85. The maximum absolute atomic E-state index is 12.9. The predicted octanol–water partition coefficient (Wildman–Crippen LogP) is 2.33. The molecule has 0 aromatic carbocycles. The summed E-state index contributed by atoms with van der Waals surface area (Å²) in [5.41, 5.74) is -1.39. The van der Waals surface area contributed by atoms with E-state index in [9.17, 15) is 14.4 Å². The van der Waals surface area contributed by atoms with Crippen LogP contribution in [0.4, 0.5) is 0 Å². The van der Waals surface area contributed by atoms with E-state index >= 15 is 0 Å². The van der Waals surface area contributed by atoms with Crippen molar-refractivity contribution in [1.82, 2.24) is 0 Å². The molecular formula is C27H32O9. The lowest BCUT2D eigenvalue weighted by Crippen LogP contribution is -2.69. The van der Waals surface area contributed by atoms with Crippen molar-refractivity contribution in [3.63, 3.8) is 0 Å². The Morgan fingerprint density at radius 2 is 1.64 bits per heavy atom. The van der Waals surface area contributed by atoms with Gasteiger partial charge in [-0.1, -0.05) is 24.6 Å². The van der Waals surface area contributed by atoms with E-state index in [1.54, 1.807) is 6.92 Å². The molecule has 2 saturated carbocycles. The van der Waals surface area contributed by atoms with Crippen molar-refractivity contribution in [2.45, 2.75) is 82.1 Å². The highest BCUT2D eigenvalue weighted by atomic mass is 16.7. The van der Waals surface area contributed by atoms with Gasteiger partial charge in [-0.05, 0) is 26.7 Å². The van der Waals surface area contributed by atoms with Gasteiger partial charge in [0.1, 0.15) is 24.4 Å². The Balaban J connectivity index is 1.38. The van der Waals surface area contributed by atoms with Gasteiger partial charge < -0.3 is 28.4 Å². The number of carbonyl (C=O) groups is 3. The van der Waals surface area contributed by atoms with E-state index in [4.69, 9.17) is 28.4 Å². The van der Waals surface area contributed by atoms with Crippen molar-refractivity contribution in [2.24, 2.45) is 10.8 Å². The molecule has 2 aliphatic carbocycles. The van der Waals surface area contributed by atoms with Crippen LogP contribution in [0.3, 0.4) is 0 Å². The van der Waals surface area contributed by atoms with Crippen LogP contribution in [0.25, 0.3) is 0 Å². The Labute approximate surface area is 209 Å². The topological polar surface area (TPSA) is 113 Å². The van der Waals surface area contributed by atoms with Gasteiger partial charge in [-0.3, -0.25) is 0 Å². The Morgan fingerprint density at radius 3 is 2.39 bits per heavy atom. The average Bonchev–Trinajstić information content (AvgIpc) is 3.73. The van der Waals surface area contributed by atoms with Crippen LogP contribution in [-0.4, -0.2) is 73.3 Å². The van der Waals surface area contributed by atoms with Gasteiger partial charge in [0.05, 0.1) is 36.4 Å². The first-order chi connectivity index (χ1) is 17.1. The van der Waals surface area contributed by atoms with Crippen molar-refractivity contribution >= 4 is 17.9 Å². The van der Waals surface area contributed by atoms with Gasteiger partial charge in [-0.15, -0.1) is 0 Å². The van der Waals surface area contributed by atoms with Crippen molar-refractivity contribution < 1.29 is 42.8 Å². The van der Waals surface area contributed by atoms with E-state index in [0.717, 1.165) is 12.0 Å². The predicted molar refractivity (Wildman–Crippen MR) is 123 cm³/mol. The number of carbonyl (C=O) groups excluding carboxylic acids is 3. The average molecular weight is 501 g/mol. The molecule has 8 atom stereocenters. The molecule has 0 aromatic heterocycles. The SMILES string of the molecule is C/C1=C\C(=O)OCC23CCC4(C)OC4C2OC2CC(OC(=O)/C=C/C=C/C(=O)OCC1)C3(C)C21CO1. The Kier molecular flexibility index (Phi) is 5.31. The van der Waals surface area contributed by atoms with E-state index in [2.05, 4.69) is 13.8 Å². The van der Waals surface area contributed by atoms with Gasteiger partial charge in [0.25, 0.3) is 0 Å². The minimum atomic E-state index is -0.649. The number of rotatable bonds is 0. The summed E-state index contributed by atoms with van der Waals surface area (Å²) in [7, 11) is 0. The molecule has 6 aliphatic rings. The number of cyclic esters (lactones) is 2. The number of hydrogen-bond acceptors (Lipinski definition) is 9. The molecule has 9 nitrogen and oxygen atoms in total. The van der Waals surface area contributed by atoms with Crippen LogP contribution in [-0.2, 0) is 42.8 Å². The summed E-state index contributed by atoms with van der Waals surface area (Å²) in [5.74, 6) is -1.52. The van der Waals surface area contributed by atoms with Gasteiger partial charge in [0.2, 0.25) is 0 Å². The number of epoxide rings is 2. The molecule has 6 rings (SSSR count). The van der Waals surface area contributed by atoms with Crippen LogP contribution in [0, 0.1) is 10.8 Å². The number of allylic oxidation sites excluding steroid dienone is 2. The quantitative estimate of drug-likeness (QED) is 0.281. The number of hydrogen-bond donors (Lipinski definition) is 0. The molecule has 4 aliphatic heterocycles. The number of ether oxygens (including phenoxy) is 6. The van der Waals surface area contributed by atoms with E-state index in [1.807, 2.05) is 0 Å². The molecule has 5 fully saturated rings. The van der Waals surface area contributed by atoms with Crippen LogP contribution in [0.1, 0.15) is 46.5 Å². The highest BCUT2D eigenvalue weighted by Crippen LogP contribution is 2.75. The summed E-state index contributed by atoms with van der Waals surface area (Å²) in [6.45, 7) is 6.73. The fourth-order valence-corrected chi connectivity index (χ4v) is 7.17. The zero-order valence-corrected chi connectivity index (χ0v) is 20.8. The second-order valence-electron chi connectivity index (χ2n) is 11.3. The zero-order valence-electron chi connectivity index (χ0n) is 20.8. The van der Waals surface area contributed by atoms with Crippen molar-refractivity contribution in [1.29, 1.82) is 0 Å². The second kappa shape index (κ2) is 8.00. The van der Waals surface area contributed by atoms with E-state index in [0.29, 0.717) is 25.9 Å². The normalized spacial score (nSPS) is 51.2. The molecule has 9 heteroatoms. The third-order valence-electron chi connectivity index (χ3n) is 9.51. The maximum atomic E-state index is 12.9. The first kappa shape index (κ1) is 23.9. The first-order valence-corrected chi connectivity index (χ1v) is 12.7. The monoisotopic (exact) mass is 500 g/mol. The lowest BCUT2D eigenvalue weighted by atomic mass is 9.50. The van der Waals surface area contributed by atoms with Gasteiger partial charge in [0, 0.05) is 36.5 Å². The molecule has 36 heavy (non-hydrogen) atoms. The molecule has 2 spiro atoms. The molecule has 0 N–H and O–H groups in total. The molecule has 3 saturated heterocycles. The van der Waals surface area contributed by atoms with Crippen LogP contribution < -0.4 is 0 Å². The van der Waals surface area contributed by atoms with Gasteiger partial charge in [-0.25, -0.2) is 14.4 Å². The molecule has 0 radical (unpaired) electrons. The fraction of sp³-hybridized carbons (Fsp3) is 0.667. The summed E-state index contributed by atoms with van der Waals surface area (Å²) >= 11 is 0. The Hall–Kier alpha value is -2.49. The fourth-order valence-electron chi connectivity index (χ4n) is 7.17. The van der Waals surface area contributed by atoms with E-state index in [-0.39, 0.29) is 37.1 Å². The molecule has 0 amide bonds. The standard InChI is InChI=1S/C27H32O9/c1-16-8-11-31-19(28)6-4-5-7-20(29)34-17-13-18-27(15-33-27)25(17,3)26(14-32-21(30)12-16)10-9-24(2)22(36-24)23(26)35-18/h4-7,12,17-18,22-23H,8-11,13-15H2,1-3H3/b6-4+,7-5+,16-12+. The minimum Gasteiger partial charge on any atom is -0.462 e. The van der Waals surface area contributed by atoms with Crippen LogP contribution in [0.15, 0.2) is 36.0 Å². The molecule has 194 valence electrons. The Bertz CT molecular complexity index is 1090. The lowest BCUT2D eigenvalue weighted by Gasteiger charge is -2.58. The van der Waals surface area contributed by atoms with Gasteiger partial charge in [-0.2, -0.15) is 0 Å². The van der Waals surface area contributed by atoms with Crippen molar-refractivity contribution in [3.8, 4) is 0 Å². The lowest BCUT2D eigenvalue weighted by molar-refractivity contribution is -0.250. The van der Waals surface area contributed by atoms with Crippen molar-refractivity contribution in [3.05, 3.63) is 36.0 Å². The maximum Gasteiger partial charge on any atom is 0.331 e. The largest absolute Gasteiger partial charge is 0.462 e. The summed E-state index contributed by atoms with van der Waals surface area (Å²) in [6, 6.07) is 0. The highest BCUT2D eigenvalue weighted by Gasteiger charge is 2.86. The zero-order chi connectivity index (χ0) is 25.3. The first-order valence-electron chi connectivity index (χ1n) is 12.7. The summed E-state index contributed by atoms with van der Waals surface area (Å²) in [6.07, 6.45) is 8.10. The van der Waals surface area contributed by atoms with E-state index in [1.165, 1.54) is 30.4 Å². The van der Waals surface area contributed by atoms with Crippen LogP contribution in [0.2, 0.25) is 0 Å². The number of esters is 3. The third-order valence-corrected chi connectivity index (χ3v) is 9.51. The molecular weight excluding hydrogens is 468 g/mol. The molecule has 8 unspecified atom stereocenters. The van der Waals surface area contributed by atoms with Crippen LogP contribution >= 0.6 is 0 Å². The van der Waals surface area contributed by atoms with Crippen LogP contribution in [0.5, 0.6) is 0 Å². The summed E-state index contributed by atoms with van der Waals surface area (Å²) in [4.78, 5) is 37.5. The van der Waals surface area contributed by atoms with Crippen molar-refractivity contribution in [2.75, 3.05) is 19.8 Å². The molecule has 0 aromatic rings.